The van der Waals surface area contributed by atoms with Gasteiger partial charge in [0, 0.05) is 6.61 Å². The minimum Gasteiger partial charge on any atom is -0.377 e. The molecule has 1 nitrogen and oxygen atoms in total. The highest BCUT2D eigenvalue weighted by atomic mass is 16.5. The molecule has 0 saturated heterocycles. The summed E-state index contributed by atoms with van der Waals surface area (Å²) in [5, 5.41) is 0. The number of hydrogen-bond acceptors (Lipinski definition) is 1. The average Bonchev–Trinajstić information content (AvgIpc) is 2.88. The van der Waals surface area contributed by atoms with Crippen molar-refractivity contribution in [2.24, 2.45) is 5.92 Å². The van der Waals surface area contributed by atoms with Crippen LogP contribution in [0.1, 0.15) is 69.4 Å². The number of rotatable bonds is 9. The standard InChI is InChI=1S/C32H38O/c1-3-5-9-25-12-15-30(16-13-25)32-23-26(24-33-22-4-2)14-21-31(32)29-19-17-28(18-20-29)27-10-7-6-8-11-27/h3,5-8,10-11,14,17-21,23,25,30H,4,9,12-13,15-16,22,24H2,1-2H3/b5-3+. The molecule has 3 aromatic carbocycles. The van der Waals surface area contributed by atoms with Gasteiger partial charge in [-0.05, 0) is 90.7 Å². The summed E-state index contributed by atoms with van der Waals surface area (Å²) in [5.74, 6) is 1.49. The summed E-state index contributed by atoms with van der Waals surface area (Å²) in [5.41, 5.74) is 8.08. The van der Waals surface area contributed by atoms with E-state index >= 15 is 0 Å². The minimum atomic E-state index is 0.641. The van der Waals surface area contributed by atoms with Crippen LogP contribution in [-0.4, -0.2) is 6.61 Å². The zero-order valence-corrected chi connectivity index (χ0v) is 20.3. The predicted octanol–water partition coefficient (Wildman–Crippen LogP) is 9.19. The summed E-state index contributed by atoms with van der Waals surface area (Å²) < 4.78 is 5.88. The normalized spacial score (nSPS) is 18.6. The Kier molecular flexibility index (Phi) is 8.55. The zero-order valence-electron chi connectivity index (χ0n) is 20.3. The van der Waals surface area contributed by atoms with Gasteiger partial charge in [0.2, 0.25) is 0 Å². The predicted molar refractivity (Wildman–Crippen MR) is 141 cm³/mol. The molecule has 0 atom stereocenters. The molecule has 33 heavy (non-hydrogen) atoms. The lowest BCUT2D eigenvalue weighted by Gasteiger charge is -2.30. The van der Waals surface area contributed by atoms with E-state index in [-0.39, 0.29) is 0 Å². The molecule has 4 rings (SSSR count). The van der Waals surface area contributed by atoms with E-state index in [2.05, 4.69) is 98.8 Å². The van der Waals surface area contributed by atoms with Crippen molar-refractivity contribution in [3.8, 4) is 22.3 Å². The quantitative estimate of drug-likeness (QED) is 0.239. The van der Waals surface area contributed by atoms with Gasteiger partial charge in [-0.3, -0.25) is 0 Å². The smallest absolute Gasteiger partial charge is 0.0716 e. The van der Waals surface area contributed by atoms with Crippen LogP contribution in [0.25, 0.3) is 22.3 Å². The first-order chi connectivity index (χ1) is 16.3. The molecule has 1 fully saturated rings. The lowest BCUT2D eigenvalue weighted by atomic mass is 9.75. The van der Waals surface area contributed by atoms with E-state index in [1.54, 1.807) is 0 Å². The Balaban J connectivity index is 1.59. The first kappa shape index (κ1) is 23.5. The molecule has 172 valence electrons. The van der Waals surface area contributed by atoms with Crippen LogP contribution in [0.4, 0.5) is 0 Å². The summed E-state index contributed by atoms with van der Waals surface area (Å²) in [6.45, 7) is 5.84. The van der Waals surface area contributed by atoms with E-state index in [1.807, 2.05) is 0 Å². The maximum absolute atomic E-state index is 5.88. The van der Waals surface area contributed by atoms with Gasteiger partial charge in [-0.15, -0.1) is 0 Å². The second-order valence-corrected chi connectivity index (χ2v) is 9.44. The number of benzene rings is 3. The molecule has 0 amide bonds. The molecule has 1 aliphatic carbocycles. The van der Waals surface area contributed by atoms with Crippen molar-refractivity contribution in [3.05, 3.63) is 96.1 Å². The fraction of sp³-hybridized carbons (Fsp3) is 0.375. The molecule has 0 N–H and O–H groups in total. The van der Waals surface area contributed by atoms with Gasteiger partial charge in [0.25, 0.3) is 0 Å². The van der Waals surface area contributed by atoms with Crippen molar-refractivity contribution in [2.45, 2.75) is 64.9 Å². The second kappa shape index (κ2) is 12.0. The molecular formula is C32H38O. The third-order valence-corrected chi connectivity index (χ3v) is 7.03. The Hall–Kier alpha value is -2.64. The monoisotopic (exact) mass is 438 g/mol. The molecule has 0 spiro atoms. The first-order valence-electron chi connectivity index (χ1n) is 12.8. The molecule has 0 aliphatic heterocycles. The zero-order chi connectivity index (χ0) is 22.9. The van der Waals surface area contributed by atoms with Crippen LogP contribution in [-0.2, 0) is 11.3 Å². The summed E-state index contributed by atoms with van der Waals surface area (Å²) in [7, 11) is 0. The lowest BCUT2D eigenvalue weighted by molar-refractivity contribution is 0.121. The highest BCUT2D eigenvalue weighted by Gasteiger charge is 2.24. The topological polar surface area (TPSA) is 9.23 Å². The molecule has 0 aromatic heterocycles. The number of allylic oxidation sites excluding steroid dienone is 2. The van der Waals surface area contributed by atoms with Crippen molar-refractivity contribution in [2.75, 3.05) is 6.61 Å². The van der Waals surface area contributed by atoms with Gasteiger partial charge < -0.3 is 4.74 Å². The van der Waals surface area contributed by atoms with Gasteiger partial charge in [0.1, 0.15) is 0 Å². The fourth-order valence-corrected chi connectivity index (χ4v) is 5.15. The van der Waals surface area contributed by atoms with Crippen molar-refractivity contribution < 1.29 is 4.74 Å². The van der Waals surface area contributed by atoms with E-state index in [9.17, 15) is 0 Å². The molecule has 0 unspecified atom stereocenters. The van der Waals surface area contributed by atoms with Crippen LogP contribution in [0.15, 0.2) is 84.9 Å². The Bertz CT molecular complexity index is 1010. The molecule has 0 heterocycles. The molecular weight excluding hydrogens is 400 g/mol. The molecule has 1 saturated carbocycles. The molecule has 0 bridgehead atoms. The van der Waals surface area contributed by atoms with Gasteiger partial charge in [0.05, 0.1) is 6.61 Å². The van der Waals surface area contributed by atoms with E-state index in [1.165, 1.54) is 65.5 Å². The maximum Gasteiger partial charge on any atom is 0.0716 e. The Morgan fingerprint density at radius 1 is 0.818 bits per heavy atom. The van der Waals surface area contributed by atoms with Crippen molar-refractivity contribution in [3.63, 3.8) is 0 Å². The summed E-state index contributed by atoms with van der Waals surface area (Å²) in [6, 6.07) is 26.8. The van der Waals surface area contributed by atoms with Gasteiger partial charge in [-0.25, -0.2) is 0 Å². The van der Waals surface area contributed by atoms with Crippen LogP contribution < -0.4 is 0 Å². The van der Waals surface area contributed by atoms with Crippen LogP contribution in [0, 0.1) is 5.92 Å². The average molecular weight is 439 g/mol. The van der Waals surface area contributed by atoms with Crippen LogP contribution in [0.5, 0.6) is 0 Å². The van der Waals surface area contributed by atoms with Crippen molar-refractivity contribution in [1.82, 2.24) is 0 Å². The lowest BCUT2D eigenvalue weighted by Crippen LogP contribution is -2.14. The van der Waals surface area contributed by atoms with Crippen LogP contribution in [0.3, 0.4) is 0 Å². The third kappa shape index (κ3) is 6.24. The summed E-state index contributed by atoms with van der Waals surface area (Å²) >= 11 is 0. The minimum absolute atomic E-state index is 0.641. The van der Waals surface area contributed by atoms with E-state index < -0.39 is 0 Å². The Morgan fingerprint density at radius 2 is 1.52 bits per heavy atom. The SMILES string of the molecule is C/C=C/CC1CCC(c2cc(COCCC)ccc2-c2ccc(-c3ccccc3)cc2)CC1. The maximum atomic E-state index is 5.88. The van der Waals surface area contributed by atoms with Crippen molar-refractivity contribution in [1.29, 1.82) is 0 Å². The Labute approximate surface area is 200 Å². The van der Waals surface area contributed by atoms with E-state index in [4.69, 9.17) is 4.74 Å². The second-order valence-electron chi connectivity index (χ2n) is 9.44. The van der Waals surface area contributed by atoms with Crippen molar-refractivity contribution >= 4 is 0 Å². The van der Waals surface area contributed by atoms with Gasteiger partial charge in [-0.2, -0.15) is 0 Å². The van der Waals surface area contributed by atoms with Gasteiger partial charge >= 0.3 is 0 Å². The highest BCUT2D eigenvalue weighted by Crippen LogP contribution is 2.41. The first-order valence-corrected chi connectivity index (χ1v) is 12.8. The summed E-state index contributed by atoms with van der Waals surface area (Å²) in [6.07, 6.45) is 12.1. The van der Waals surface area contributed by atoms with Crippen LogP contribution >= 0.6 is 0 Å². The van der Waals surface area contributed by atoms with E-state index in [0.29, 0.717) is 12.5 Å². The third-order valence-electron chi connectivity index (χ3n) is 7.03. The summed E-state index contributed by atoms with van der Waals surface area (Å²) in [4.78, 5) is 0. The van der Waals surface area contributed by atoms with Gasteiger partial charge in [-0.1, -0.05) is 91.9 Å². The van der Waals surface area contributed by atoms with Gasteiger partial charge in [0.15, 0.2) is 0 Å². The highest BCUT2D eigenvalue weighted by molar-refractivity contribution is 5.73. The largest absolute Gasteiger partial charge is 0.377 e. The number of ether oxygens (including phenoxy) is 1. The Morgan fingerprint density at radius 3 is 2.21 bits per heavy atom. The molecule has 1 aliphatic rings. The number of hydrogen-bond donors (Lipinski definition) is 0. The van der Waals surface area contributed by atoms with Crippen LogP contribution in [0.2, 0.25) is 0 Å². The fourth-order valence-electron chi connectivity index (χ4n) is 5.15. The molecule has 3 aromatic rings. The molecule has 1 heteroatoms. The van der Waals surface area contributed by atoms with E-state index in [0.717, 1.165) is 18.9 Å². The molecule has 0 radical (unpaired) electrons.